The summed E-state index contributed by atoms with van der Waals surface area (Å²) in [4.78, 5) is 56.6. The Morgan fingerprint density at radius 1 is 0.485 bits per heavy atom. The summed E-state index contributed by atoms with van der Waals surface area (Å²) < 4.78 is 102. The lowest BCUT2D eigenvalue weighted by Crippen LogP contribution is -2.48. The molecule has 0 atom stereocenters. The number of nitrogens with two attached hydrogens (primary N) is 1. The van der Waals surface area contributed by atoms with Crippen molar-refractivity contribution in [2.75, 3.05) is 73.2 Å². The van der Waals surface area contributed by atoms with Crippen LogP contribution in [0.1, 0.15) is 137 Å². The van der Waals surface area contributed by atoms with E-state index in [9.17, 15) is 49.9 Å². The number of nitrogens with one attached hydrogen (secondary N) is 2. The van der Waals surface area contributed by atoms with E-state index >= 15 is 0 Å². The van der Waals surface area contributed by atoms with Crippen molar-refractivity contribution in [1.82, 2.24) is 20.0 Å². The molecule has 0 aromatic heterocycles. The van der Waals surface area contributed by atoms with E-state index in [2.05, 4.69) is 57.1 Å². The zero-order valence-corrected chi connectivity index (χ0v) is 62.4. The van der Waals surface area contributed by atoms with Crippen molar-refractivity contribution in [1.29, 1.82) is 0 Å². The van der Waals surface area contributed by atoms with E-state index in [0.717, 1.165) is 90.7 Å². The third kappa shape index (κ3) is 31.9. The van der Waals surface area contributed by atoms with Crippen molar-refractivity contribution in [3.63, 3.8) is 0 Å². The van der Waals surface area contributed by atoms with Gasteiger partial charge in [0.1, 0.15) is 57.7 Å². The number of alkyl halides is 1. The summed E-state index contributed by atoms with van der Waals surface area (Å²) in [5.74, 6) is -1.28. The van der Waals surface area contributed by atoms with Crippen LogP contribution in [0.5, 0.6) is 0 Å². The lowest BCUT2D eigenvalue weighted by atomic mass is 9.91. The maximum Gasteiger partial charge on any atom is 0.410 e. The number of Topliss-reactive ketones (excluding diaryl/α,β-unsaturated/α-hetero) is 1. The van der Waals surface area contributed by atoms with Gasteiger partial charge in [-0.25, -0.2) is 40.3 Å². The molecule has 3 amide bonds. The molecular weight excluding hydrogens is 1390 g/mol. The second-order valence-electron chi connectivity index (χ2n) is 29.0. The Balaban J connectivity index is 0.000000204. The number of nitrogens with zero attached hydrogens (tertiary/aromatic N) is 5. The standard InChI is InChI=1S/C23H28F2N2O2.C18H20F2N2.C16H23FN2O2.C11H19NO2.C7H6BrF.C6H6FN/c1-23(2,3)29-22(28)26-13-11-20(12-14-26)27(21-6-4-5-19(25)15-21)16-17-7-9-18(24)10-8-17;19-15-6-4-14(5-7-15)13-22(17-8-10-21-11-9-17)18-3-1-2-16(20)12-18;1-16(2,3)21-15(20)19-9-7-13(8-10-19)18-14-6-4-5-12(17)11-14;1-11(2,3)8-10(14)12-6-4-9(13)5-7-12;8-5-6-1-3-7(9)4-2-6;7-5-2-1-3-6(8)4-5/h4-10,15,20H,11-14,16H2,1-3H3;1-7,12,17,21H,8-11,13H2;4-6,11,13,18H,7-10H2,1-3H3;4-8H2,1-3H3;1-4H,5H2;1-4H,8H2. The molecule has 4 heterocycles. The van der Waals surface area contributed by atoms with Gasteiger partial charge in [-0.3, -0.25) is 9.59 Å². The third-order valence-electron chi connectivity index (χ3n) is 16.7. The summed E-state index contributed by atoms with van der Waals surface area (Å²) in [5, 5.41) is 7.45. The van der Waals surface area contributed by atoms with Crippen LogP contribution in [0.4, 0.5) is 63.1 Å². The predicted octanol–water partition coefficient (Wildman–Crippen LogP) is 18.5. The quantitative estimate of drug-likeness (QED) is 0.0609. The highest BCUT2D eigenvalue weighted by atomic mass is 79.9. The van der Waals surface area contributed by atoms with Crippen molar-refractivity contribution < 1.29 is 59.4 Å². The summed E-state index contributed by atoms with van der Waals surface area (Å²) >= 11 is 3.26. The van der Waals surface area contributed by atoms with Gasteiger partial charge in [-0.2, -0.15) is 0 Å². The van der Waals surface area contributed by atoms with Gasteiger partial charge in [-0.1, -0.05) is 97.4 Å². The fourth-order valence-corrected chi connectivity index (χ4v) is 11.9. The number of hydrogen-bond acceptors (Lipinski definition) is 11. The number of carbonyl (C=O) groups is 4. The van der Waals surface area contributed by atoms with Gasteiger partial charge in [0.15, 0.2) is 0 Å². The highest BCUT2D eigenvalue weighted by molar-refractivity contribution is 9.08. The van der Waals surface area contributed by atoms with Crippen LogP contribution < -0.4 is 26.2 Å². The maximum atomic E-state index is 13.9. The molecule has 22 heteroatoms. The molecule has 4 aliphatic rings. The molecule has 0 saturated carbocycles. The highest BCUT2D eigenvalue weighted by Crippen LogP contribution is 2.30. The topological polar surface area (TPSA) is 153 Å². The molecule has 4 N–H and O–H groups in total. The van der Waals surface area contributed by atoms with E-state index in [4.69, 9.17) is 15.2 Å². The summed E-state index contributed by atoms with van der Waals surface area (Å²) in [6.45, 7) is 24.2. The number of hydrogen-bond donors (Lipinski definition) is 3. The van der Waals surface area contributed by atoms with Gasteiger partial charge in [0.05, 0.1) is 0 Å². The van der Waals surface area contributed by atoms with Gasteiger partial charge < -0.3 is 50.3 Å². The largest absolute Gasteiger partial charge is 0.444 e. The molecule has 103 heavy (non-hydrogen) atoms. The van der Waals surface area contributed by atoms with E-state index in [-0.39, 0.29) is 82.1 Å². The van der Waals surface area contributed by atoms with Crippen LogP contribution >= 0.6 is 15.9 Å². The first-order valence-corrected chi connectivity index (χ1v) is 36.2. The number of likely N-dealkylation sites (tertiary alicyclic amines) is 3. The second kappa shape index (κ2) is 41.0. The van der Waals surface area contributed by atoms with E-state index in [1.165, 1.54) is 78.9 Å². The first-order chi connectivity index (χ1) is 48.8. The molecule has 0 radical (unpaired) electrons. The Morgan fingerprint density at radius 3 is 1.25 bits per heavy atom. The minimum absolute atomic E-state index is 0.0402. The number of anilines is 4. The number of rotatable bonds is 12. The Morgan fingerprint density at radius 2 is 0.874 bits per heavy atom. The molecule has 7 aromatic carbocycles. The number of nitrogen functional groups attached to an aromatic ring is 1. The molecule has 0 spiro atoms. The molecule has 4 saturated heterocycles. The van der Waals surface area contributed by atoms with Gasteiger partial charge in [-0.15, -0.1) is 0 Å². The minimum atomic E-state index is -0.524. The van der Waals surface area contributed by atoms with Crippen LogP contribution in [0.15, 0.2) is 170 Å². The molecule has 7 aromatic rings. The number of piperidine rings is 4. The Bertz CT molecular complexity index is 3700. The van der Waals surface area contributed by atoms with Crippen LogP contribution in [-0.2, 0) is 37.5 Å². The van der Waals surface area contributed by atoms with Crippen molar-refractivity contribution in [2.45, 2.75) is 168 Å². The number of ether oxygens (including phenoxy) is 2. The SMILES string of the molecule is CC(C)(C)CC(=O)N1CCC(=O)CC1.CC(C)(C)OC(=O)N1CCC(N(Cc2ccc(F)cc2)c2cccc(F)c2)CC1.CC(C)(C)OC(=O)N1CCC(Nc2cccc(F)c2)CC1.Fc1ccc(CBr)cc1.Fc1ccc(CN(c2cccc(F)c2)C2CCNCC2)cc1.Nc1cccc(F)c1. The molecule has 4 aliphatic heterocycles. The third-order valence-corrected chi connectivity index (χ3v) is 17.4. The maximum absolute atomic E-state index is 13.9. The molecule has 0 aliphatic carbocycles. The molecule has 0 bridgehead atoms. The van der Waals surface area contributed by atoms with Gasteiger partial charge in [-0.05, 0) is 224 Å². The summed E-state index contributed by atoms with van der Waals surface area (Å²) in [5.41, 5.74) is 10.3. The van der Waals surface area contributed by atoms with E-state index in [1.807, 2.05) is 64.6 Å². The number of amides is 3. The highest BCUT2D eigenvalue weighted by Gasteiger charge is 2.32. The number of halogens is 8. The molecule has 0 unspecified atom stereocenters. The van der Waals surface area contributed by atoms with Gasteiger partial charge in [0, 0.05) is 118 Å². The fraction of sp³-hybridized carbons (Fsp3) is 0.432. The second-order valence-corrected chi connectivity index (χ2v) is 29.6. The van der Waals surface area contributed by atoms with Crippen molar-refractivity contribution in [3.8, 4) is 0 Å². The monoisotopic (exact) mass is 1490 g/mol. The van der Waals surface area contributed by atoms with Crippen molar-refractivity contribution in [3.05, 3.63) is 227 Å². The Hall–Kier alpha value is -8.63. The summed E-state index contributed by atoms with van der Waals surface area (Å²) in [6.07, 6.45) is 6.29. The number of ketones is 1. The Labute approximate surface area is 612 Å². The van der Waals surface area contributed by atoms with E-state index < -0.39 is 11.2 Å². The lowest BCUT2D eigenvalue weighted by Gasteiger charge is -2.40. The molecule has 558 valence electrons. The summed E-state index contributed by atoms with van der Waals surface area (Å²) in [7, 11) is 0. The van der Waals surface area contributed by atoms with Gasteiger partial charge in [0.2, 0.25) is 5.91 Å². The number of benzene rings is 7. The fourth-order valence-electron chi connectivity index (χ4n) is 11.5. The lowest BCUT2D eigenvalue weighted by molar-refractivity contribution is -0.136. The average Bonchev–Trinajstić information content (AvgIpc) is 0.830. The van der Waals surface area contributed by atoms with Crippen molar-refractivity contribution in [2.24, 2.45) is 5.41 Å². The van der Waals surface area contributed by atoms with Crippen LogP contribution in [0, 0.1) is 46.1 Å². The van der Waals surface area contributed by atoms with Crippen molar-refractivity contribution >= 4 is 62.6 Å². The Kier molecular flexibility index (Phi) is 33.2. The van der Waals surface area contributed by atoms with E-state index in [1.54, 1.807) is 82.6 Å². The van der Waals surface area contributed by atoms with Gasteiger partial charge >= 0.3 is 12.2 Å². The van der Waals surface area contributed by atoms with Crippen LogP contribution in [0.25, 0.3) is 0 Å². The molecule has 11 rings (SSSR count). The van der Waals surface area contributed by atoms with Crippen LogP contribution in [0.2, 0.25) is 0 Å². The predicted molar refractivity (Wildman–Crippen MR) is 400 cm³/mol. The first-order valence-electron chi connectivity index (χ1n) is 35.1. The first kappa shape index (κ1) is 83.3. The van der Waals surface area contributed by atoms with Crippen LogP contribution in [-0.4, -0.2) is 120 Å². The normalized spacial score (nSPS) is 15.1. The summed E-state index contributed by atoms with van der Waals surface area (Å²) in [6, 6.07) is 45.6. The zero-order valence-electron chi connectivity index (χ0n) is 60.8. The molecular formula is C81H102BrF7N8O6. The number of carbonyl (C=O) groups excluding carboxylic acids is 4. The minimum Gasteiger partial charge on any atom is -0.444 e. The van der Waals surface area contributed by atoms with Gasteiger partial charge in [0.25, 0.3) is 0 Å². The average molecular weight is 1500 g/mol. The van der Waals surface area contributed by atoms with E-state index in [0.29, 0.717) is 83.3 Å². The smallest absolute Gasteiger partial charge is 0.410 e. The zero-order chi connectivity index (χ0) is 75.3. The molecule has 4 fully saturated rings. The van der Waals surface area contributed by atoms with Crippen LogP contribution in [0.3, 0.4) is 0 Å². The molecule has 14 nitrogen and oxygen atoms in total.